The van der Waals surface area contributed by atoms with Gasteiger partial charge in [0.05, 0.1) is 23.4 Å². The molecule has 0 bridgehead atoms. The molecule has 208 valence electrons. The summed E-state index contributed by atoms with van der Waals surface area (Å²) >= 11 is 6.10. The lowest BCUT2D eigenvalue weighted by Crippen LogP contribution is -2.33. The summed E-state index contributed by atoms with van der Waals surface area (Å²) in [4.78, 5) is 28.6. The van der Waals surface area contributed by atoms with Crippen LogP contribution < -0.4 is 15.0 Å². The molecule has 1 saturated carbocycles. The van der Waals surface area contributed by atoms with Crippen LogP contribution in [0.4, 0.5) is 15.8 Å². The predicted molar refractivity (Wildman–Crippen MR) is 158 cm³/mol. The molecule has 0 unspecified atom stereocenters. The summed E-state index contributed by atoms with van der Waals surface area (Å²) in [5, 5.41) is 2.86. The molecule has 40 heavy (non-hydrogen) atoms. The number of carbonyl (C=O) groups is 2. The molecule has 3 aromatic rings. The van der Waals surface area contributed by atoms with E-state index in [1.807, 2.05) is 17.0 Å². The van der Waals surface area contributed by atoms with Gasteiger partial charge in [-0.1, -0.05) is 54.8 Å². The zero-order chi connectivity index (χ0) is 28.3. The quantitative estimate of drug-likeness (QED) is 0.309. The molecule has 1 fully saturated rings. The van der Waals surface area contributed by atoms with E-state index in [-0.39, 0.29) is 21.9 Å². The van der Waals surface area contributed by atoms with Gasteiger partial charge in [0.25, 0.3) is 11.8 Å². The molecule has 1 spiro atoms. The molecule has 7 heteroatoms. The predicted octanol–water partition coefficient (Wildman–Crippen LogP) is 8.23. The van der Waals surface area contributed by atoms with Gasteiger partial charge in [0, 0.05) is 17.8 Å². The van der Waals surface area contributed by atoms with Crippen molar-refractivity contribution in [3.05, 3.63) is 99.8 Å². The number of hydrogen-bond acceptors (Lipinski definition) is 3. The Labute approximate surface area is 240 Å². The molecule has 2 amide bonds. The second-order valence-corrected chi connectivity index (χ2v) is 11.2. The van der Waals surface area contributed by atoms with Crippen LogP contribution in [0.15, 0.2) is 72.3 Å². The molecule has 1 N–H and O–H groups in total. The SMILES string of the molecule is CCC/C=C1\CC[C@@]2(CCN(C(=O)c3ccc(NC(=O)c4cc(F)ccc4Cl)c(OC)c3)c3ccccc3C2)C1. The second-order valence-electron chi connectivity index (χ2n) is 10.8. The van der Waals surface area contributed by atoms with Gasteiger partial charge in [-0.25, -0.2) is 4.39 Å². The first-order valence-corrected chi connectivity index (χ1v) is 14.2. The zero-order valence-electron chi connectivity index (χ0n) is 22.9. The van der Waals surface area contributed by atoms with Crippen molar-refractivity contribution in [2.45, 2.75) is 51.9 Å². The van der Waals surface area contributed by atoms with Gasteiger partial charge in [-0.05, 0) is 92.0 Å². The van der Waals surface area contributed by atoms with Gasteiger partial charge in [0.2, 0.25) is 0 Å². The van der Waals surface area contributed by atoms with E-state index < -0.39 is 11.7 Å². The first-order valence-electron chi connectivity index (χ1n) is 13.8. The first kappa shape index (κ1) is 27.9. The van der Waals surface area contributed by atoms with Crippen LogP contribution in [0.1, 0.15) is 71.7 Å². The molecule has 3 aromatic carbocycles. The van der Waals surface area contributed by atoms with Crippen molar-refractivity contribution >= 4 is 34.8 Å². The van der Waals surface area contributed by atoms with Crippen LogP contribution >= 0.6 is 11.6 Å². The molecule has 0 aromatic heterocycles. The van der Waals surface area contributed by atoms with Crippen molar-refractivity contribution in [2.75, 3.05) is 23.9 Å². The molecular formula is C33H34ClFN2O3. The van der Waals surface area contributed by atoms with Crippen molar-refractivity contribution in [2.24, 2.45) is 5.41 Å². The standard InChI is InChI=1S/C33H34ClFN2O3/c1-3-4-7-22-14-15-33(20-22)16-17-37(29-9-6-5-8-24(29)21-33)32(39)23-10-13-28(30(18-23)40-2)36-31(38)26-19-25(35)11-12-27(26)34/h5-13,18-19H,3-4,14-17,20-21H2,1-2H3,(H,36,38)/b22-7+/t33-/m1/s1. The molecule has 2 aliphatic rings. The van der Waals surface area contributed by atoms with E-state index in [2.05, 4.69) is 30.4 Å². The van der Waals surface area contributed by atoms with Gasteiger partial charge in [0.1, 0.15) is 11.6 Å². The maximum absolute atomic E-state index is 13.9. The molecule has 1 heterocycles. The molecule has 5 rings (SSSR count). The van der Waals surface area contributed by atoms with Crippen molar-refractivity contribution in [3.63, 3.8) is 0 Å². The molecule has 0 saturated heterocycles. The van der Waals surface area contributed by atoms with Crippen LogP contribution in [0.25, 0.3) is 0 Å². The van der Waals surface area contributed by atoms with E-state index in [9.17, 15) is 14.0 Å². The monoisotopic (exact) mass is 560 g/mol. The van der Waals surface area contributed by atoms with E-state index in [4.69, 9.17) is 16.3 Å². The molecule has 1 atom stereocenters. The minimum absolute atomic E-state index is 0.0126. The number of fused-ring (bicyclic) bond motifs is 1. The number of anilines is 2. The largest absolute Gasteiger partial charge is 0.495 e. The fraction of sp³-hybridized carbons (Fsp3) is 0.333. The number of allylic oxidation sites excluding steroid dienone is 2. The average molecular weight is 561 g/mol. The number of rotatable bonds is 6. The van der Waals surface area contributed by atoms with Crippen LogP contribution in [-0.2, 0) is 6.42 Å². The van der Waals surface area contributed by atoms with Crippen molar-refractivity contribution in [1.29, 1.82) is 0 Å². The number of nitrogens with one attached hydrogen (secondary N) is 1. The van der Waals surface area contributed by atoms with E-state index in [1.54, 1.807) is 23.8 Å². The summed E-state index contributed by atoms with van der Waals surface area (Å²) < 4.78 is 19.2. The van der Waals surface area contributed by atoms with Gasteiger partial charge < -0.3 is 15.0 Å². The third kappa shape index (κ3) is 5.78. The molecule has 1 aliphatic carbocycles. The van der Waals surface area contributed by atoms with Gasteiger partial charge >= 0.3 is 0 Å². The summed E-state index contributed by atoms with van der Waals surface area (Å²) in [6, 6.07) is 16.8. The van der Waals surface area contributed by atoms with Crippen LogP contribution in [0, 0.1) is 11.2 Å². The Balaban J connectivity index is 1.39. The summed E-state index contributed by atoms with van der Waals surface area (Å²) in [5.74, 6) is -0.924. The van der Waals surface area contributed by atoms with Crippen molar-refractivity contribution in [1.82, 2.24) is 0 Å². The molecule has 5 nitrogen and oxygen atoms in total. The van der Waals surface area contributed by atoms with E-state index in [0.717, 1.165) is 56.7 Å². The van der Waals surface area contributed by atoms with Crippen LogP contribution in [0.2, 0.25) is 5.02 Å². The van der Waals surface area contributed by atoms with Crippen LogP contribution in [0.3, 0.4) is 0 Å². The minimum atomic E-state index is -0.572. The van der Waals surface area contributed by atoms with Crippen molar-refractivity contribution in [3.8, 4) is 5.75 Å². The lowest BCUT2D eigenvalue weighted by atomic mass is 9.77. The van der Waals surface area contributed by atoms with Gasteiger partial charge in [0.15, 0.2) is 0 Å². The highest BCUT2D eigenvalue weighted by Crippen LogP contribution is 2.49. The Morgan fingerprint density at radius 1 is 1.10 bits per heavy atom. The Bertz CT molecular complexity index is 1470. The summed E-state index contributed by atoms with van der Waals surface area (Å²) in [7, 11) is 1.48. The van der Waals surface area contributed by atoms with E-state index in [1.165, 1.54) is 24.8 Å². The second kappa shape index (κ2) is 11.8. The van der Waals surface area contributed by atoms with Gasteiger partial charge in [-0.3, -0.25) is 9.59 Å². The lowest BCUT2D eigenvalue weighted by Gasteiger charge is -2.27. The number of methoxy groups -OCH3 is 1. The van der Waals surface area contributed by atoms with Crippen LogP contribution in [0.5, 0.6) is 5.75 Å². The van der Waals surface area contributed by atoms with E-state index in [0.29, 0.717) is 23.5 Å². The topological polar surface area (TPSA) is 58.6 Å². The summed E-state index contributed by atoms with van der Waals surface area (Å²) in [6.45, 7) is 2.85. The van der Waals surface area contributed by atoms with Gasteiger partial charge in [-0.2, -0.15) is 0 Å². The van der Waals surface area contributed by atoms with Gasteiger partial charge in [-0.15, -0.1) is 0 Å². The number of benzene rings is 3. The highest BCUT2D eigenvalue weighted by atomic mass is 35.5. The van der Waals surface area contributed by atoms with Crippen molar-refractivity contribution < 1.29 is 18.7 Å². The number of hydrogen-bond donors (Lipinski definition) is 1. The number of amides is 2. The third-order valence-electron chi connectivity index (χ3n) is 8.13. The number of unbranched alkanes of at least 4 members (excludes halogenated alkanes) is 1. The van der Waals surface area contributed by atoms with Crippen LogP contribution in [-0.4, -0.2) is 25.5 Å². The highest BCUT2D eigenvalue weighted by molar-refractivity contribution is 6.34. The lowest BCUT2D eigenvalue weighted by molar-refractivity contribution is 0.0983. The third-order valence-corrected chi connectivity index (χ3v) is 8.46. The van der Waals surface area contributed by atoms with E-state index >= 15 is 0 Å². The Kier molecular flexibility index (Phi) is 8.27. The number of nitrogens with zero attached hydrogens (tertiary/aromatic N) is 1. The Hall–Kier alpha value is -3.64. The number of carbonyl (C=O) groups excluding carboxylic acids is 2. The normalized spacial score (nSPS) is 19.4. The molecular weight excluding hydrogens is 527 g/mol. The number of para-hydroxylation sites is 1. The molecule has 1 aliphatic heterocycles. The first-order chi connectivity index (χ1) is 19.3. The maximum Gasteiger partial charge on any atom is 0.258 e. The summed E-state index contributed by atoms with van der Waals surface area (Å²) in [5.41, 5.74) is 4.71. The Morgan fingerprint density at radius 2 is 1.93 bits per heavy atom. The maximum atomic E-state index is 13.9. The number of halogens is 2. The molecule has 0 radical (unpaired) electrons. The zero-order valence-corrected chi connectivity index (χ0v) is 23.7. The minimum Gasteiger partial charge on any atom is -0.495 e. The fourth-order valence-corrected chi connectivity index (χ4v) is 6.22. The highest BCUT2D eigenvalue weighted by Gasteiger charge is 2.40. The summed E-state index contributed by atoms with van der Waals surface area (Å²) in [6.07, 6.45) is 10.00. The fourth-order valence-electron chi connectivity index (χ4n) is 6.01. The smallest absolute Gasteiger partial charge is 0.258 e. The Morgan fingerprint density at radius 3 is 2.73 bits per heavy atom. The average Bonchev–Trinajstić information content (AvgIpc) is 3.28. The number of ether oxygens (including phenoxy) is 1.